The number of hydrogen-bond acceptors (Lipinski definition) is 3. The van der Waals surface area contributed by atoms with Crippen LogP contribution in [0.2, 0.25) is 0 Å². The largest absolute Gasteiger partial charge is 0.316 e. The molecule has 0 amide bonds. The van der Waals surface area contributed by atoms with Crippen LogP contribution in [0.5, 0.6) is 0 Å². The third-order valence-electron chi connectivity index (χ3n) is 4.05. The molecule has 1 aliphatic carbocycles. The van der Waals surface area contributed by atoms with E-state index in [9.17, 15) is 8.42 Å². The smallest absolute Gasteiger partial charge is 0.211 e. The van der Waals surface area contributed by atoms with Gasteiger partial charge in [0, 0.05) is 13.1 Å². The minimum Gasteiger partial charge on any atom is -0.316 e. The molecule has 5 heteroatoms. The SMILES string of the molecule is CS(=O)(=O)N1CCCC(CNCCCC2CC2)C1. The van der Waals surface area contributed by atoms with Crippen LogP contribution in [-0.2, 0) is 10.0 Å². The van der Waals surface area contributed by atoms with E-state index in [0.29, 0.717) is 19.0 Å². The van der Waals surface area contributed by atoms with E-state index in [-0.39, 0.29) is 0 Å². The van der Waals surface area contributed by atoms with Crippen LogP contribution in [0.25, 0.3) is 0 Å². The third-order valence-corrected chi connectivity index (χ3v) is 5.32. The van der Waals surface area contributed by atoms with Gasteiger partial charge in [-0.25, -0.2) is 12.7 Å². The molecule has 1 N–H and O–H groups in total. The van der Waals surface area contributed by atoms with E-state index in [1.165, 1.54) is 31.9 Å². The Hall–Kier alpha value is -0.130. The summed E-state index contributed by atoms with van der Waals surface area (Å²) in [5.74, 6) is 1.51. The number of hydrogen-bond donors (Lipinski definition) is 1. The van der Waals surface area contributed by atoms with E-state index in [0.717, 1.165) is 31.8 Å². The van der Waals surface area contributed by atoms with Gasteiger partial charge in [-0.15, -0.1) is 0 Å². The Balaban J connectivity index is 1.59. The van der Waals surface area contributed by atoms with E-state index in [2.05, 4.69) is 5.32 Å². The second-order valence-electron chi connectivity index (χ2n) is 5.92. The van der Waals surface area contributed by atoms with Crippen molar-refractivity contribution in [2.45, 2.75) is 38.5 Å². The van der Waals surface area contributed by atoms with Crippen LogP contribution in [0.3, 0.4) is 0 Å². The first-order valence-electron chi connectivity index (χ1n) is 7.21. The van der Waals surface area contributed by atoms with Crippen molar-refractivity contribution in [3.8, 4) is 0 Å². The summed E-state index contributed by atoms with van der Waals surface area (Å²) in [5, 5.41) is 3.49. The van der Waals surface area contributed by atoms with E-state index < -0.39 is 10.0 Å². The molecule has 0 bridgehead atoms. The van der Waals surface area contributed by atoms with Gasteiger partial charge >= 0.3 is 0 Å². The van der Waals surface area contributed by atoms with Crippen LogP contribution in [0.4, 0.5) is 0 Å². The summed E-state index contributed by atoms with van der Waals surface area (Å²) in [6.45, 7) is 3.47. The Morgan fingerprint density at radius 3 is 2.67 bits per heavy atom. The molecular formula is C13H26N2O2S. The summed E-state index contributed by atoms with van der Waals surface area (Å²) in [6, 6.07) is 0. The summed E-state index contributed by atoms with van der Waals surface area (Å²) in [4.78, 5) is 0. The molecule has 0 radical (unpaired) electrons. The lowest BCUT2D eigenvalue weighted by molar-refractivity contribution is 0.261. The lowest BCUT2D eigenvalue weighted by atomic mass is 10.00. The lowest BCUT2D eigenvalue weighted by Gasteiger charge is -2.31. The Bertz CT molecular complexity index is 352. The molecule has 1 heterocycles. The first kappa shape index (κ1) is 14.3. The summed E-state index contributed by atoms with van der Waals surface area (Å²) >= 11 is 0. The standard InChI is InChI=1S/C13H26N2O2S/c1-18(16,17)15-9-3-5-13(11-15)10-14-8-2-4-12-6-7-12/h12-14H,2-11H2,1H3. The third kappa shape index (κ3) is 4.86. The summed E-state index contributed by atoms with van der Waals surface area (Å²) < 4.78 is 24.6. The number of nitrogens with one attached hydrogen (secondary N) is 1. The van der Waals surface area contributed by atoms with Gasteiger partial charge in [0.15, 0.2) is 0 Å². The maximum atomic E-state index is 11.5. The average Bonchev–Trinajstić information content (AvgIpc) is 3.12. The van der Waals surface area contributed by atoms with Crippen LogP contribution < -0.4 is 5.32 Å². The van der Waals surface area contributed by atoms with E-state index >= 15 is 0 Å². The summed E-state index contributed by atoms with van der Waals surface area (Å²) in [6.07, 6.45) is 8.99. The molecule has 0 aromatic rings. The number of rotatable bonds is 7. The highest BCUT2D eigenvalue weighted by Gasteiger charge is 2.25. The second-order valence-corrected chi connectivity index (χ2v) is 7.90. The van der Waals surface area contributed by atoms with Gasteiger partial charge in [0.25, 0.3) is 0 Å². The van der Waals surface area contributed by atoms with Crippen LogP contribution in [0.1, 0.15) is 38.5 Å². The van der Waals surface area contributed by atoms with Gasteiger partial charge in [-0.05, 0) is 50.6 Å². The second kappa shape index (κ2) is 6.35. The van der Waals surface area contributed by atoms with Crippen molar-refractivity contribution in [1.29, 1.82) is 0 Å². The maximum Gasteiger partial charge on any atom is 0.211 e. The molecule has 0 aromatic heterocycles. The Kier molecular flexibility index (Phi) is 5.04. The predicted molar refractivity (Wildman–Crippen MR) is 74.0 cm³/mol. The minimum atomic E-state index is -2.99. The average molecular weight is 274 g/mol. The Morgan fingerprint density at radius 1 is 1.22 bits per heavy atom. The highest BCUT2D eigenvalue weighted by Crippen LogP contribution is 2.33. The van der Waals surface area contributed by atoms with Gasteiger partial charge < -0.3 is 5.32 Å². The van der Waals surface area contributed by atoms with E-state index in [1.54, 1.807) is 4.31 Å². The first-order valence-corrected chi connectivity index (χ1v) is 9.06. The molecule has 2 aliphatic rings. The highest BCUT2D eigenvalue weighted by atomic mass is 32.2. The van der Waals surface area contributed by atoms with Crippen molar-refractivity contribution >= 4 is 10.0 Å². The van der Waals surface area contributed by atoms with Gasteiger partial charge in [0.1, 0.15) is 0 Å². The Morgan fingerprint density at radius 2 is 2.00 bits per heavy atom. The Labute approximate surface area is 111 Å². The molecule has 1 aliphatic heterocycles. The molecule has 1 unspecified atom stereocenters. The maximum absolute atomic E-state index is 11.5. The lowest BCUT2D eigenvalue weighted by Crippen LogP contribution is -2.42. The monoisotopic (exact) mass is 274 g/mol. The summed E-state index contributed by atoms with van der Waals surface area (Å²) in [7, 11) is -2.99. The quantitative estimate of drug-likeness (QED) is 0.715. The minimum absolute atomic E-state index is 0.495. The van der Waals surface area contributed by atoms with Crippen molar-refractivity contribution in [3.63, 3.8) is 0 Å². The fourth-order valence-corrected chi connectivity index (χ4v) is 3.67. The van der Waals surface area contributed by atoms with Crippen LogP contribution in [-0.4, -0.2) is 45.2 Å². The molecule has 1 atom stereocenters. The zero-order valence-corrected chi connectivity index (χ0v) is 12.2. The fraction of sp³-hybridized carbons (Fsp3) is 1.00. The first-order chi connectivity index (χ1) is 8.55. The number of sulfonamides is 1. The molecule has 1 saturated heterocycles. The van der Waals surface area contributed by atoms with Crippen molar-refractivity contribution in [2.24, 2.45) is 11.8 Å². The van der Waals surface area contributed by atoms with Gasteiger partial charge in [0.05, 0.1) is 6.26 Å². The van der Waals surface area contributed by atoms with E-state index in [4.69, 9.17) is 0 Å². The highest BCUT2D eigenvalue weighted by molar-refractivity contribution is 7.88. The van der Waals surface area contributed by atoms with Gasteiger partial charge in [-0.3, -0.25) is 0 Å². The van der Waals surface area contributed by atoms with Crippen LogP contribution in [0, 0.1) is 11.8 Å². The van der Waals surface area contributed by atoms with Crippen LogP contribution in [0.15, 0.2) is 0 Å². The predicted octanol–water partition coefficient (Wildman–Crippen LogP) is 1.44. The van der Waals surface area contributed by atoms with Crippen molar-refractivity contribution in [1.82, 2.24) is 9.62 Å². The topological polar surface area (TPSA) is 49.4 Å². The summed E-state index contributed by atoms with van der Waals surface area (Å²) in [5.41, 5.74) is 0. The number of nitrogens with zero attached hydrogens (tertiary/aromatic N) is 1. The molecule has 18 heavy (non-hydrogen) atoms. The zero-order valence-electron chi connectivity index (χ0n) is 11.4. The molecule has 2 fully saturated rings. The zero-order chi connectivity index (χ0) is 13.0. The van der Waals surface area contributed by atoms with Crippen molar-refractivity contribution in [3.05, 3.63) is 0 Å². The molecule has 4 nitrogen and oxygen atoms in total. The van der Waals surface area contributed by atoms with Crippen LogP contribution >= 0.6 is 0 Å². The molecule has 2 rings (SSSR count). The molecule has 0 spiro atoms. The van der Waals surface area contributed by atoms with Crippen molar-refractivity contribution < 1.29 is 8.42 Å². The van der Waals surface area contributed by atoms with Gasteiger partial charge in [-0.2, -0.15) is 0 Å². The fourth-order valence-electron chi connectivity index (χ4n) is 2.72. The molecule has 1 saturated carbocycles. The normalized spacial score (nSPS) is 26.4. The van der Waals surface area contributed by atoms with Crippen molar-refractivity contribution in [2.75, 3.05) is 32.4 Å². The van der Waals surface area contributed by atoms with E-state index in [1.807, 2.05) is 0 Å². The molecule has 106 valence electrons. The number of piperidine rings is 1. The molecular weight excluding hydrogens is 248 g/mol. The van der Waals surface area contributed by atoms with Gasteiger partial charge in [0.2, 0.25) is 10.0 Å². The molecule has 0 aromatic carbocycles. The van der Waals surface area contributed by atoms with Gasteiger partial charge in [-0.1, -0.05) is 12.8 Å².